The van der Waals surface area contributed by atoms with Gasteiger partial charge in [-0.1, -0.05) is 29.8 Å². The fraction of sp³-hybridized carbons (Fsp3) is 0.538. The van der Waals surface area contributed by atoms with E-state index in [1.807, 2.05) is 54.4 Å². The zero-order valence-corrected chi connectivity index (χ0v) is 21.3. The third-order valence-electron chi connectivity index (χ3n) is 7.29. The molecule has 6 nitrogen and oxygen atoms in total. The molecule has 36 heavy (non-hydrogen) atoms. The number of piperidine rings is 1. The Labute approximate surface area is 215 Å². The van der Waals surface area contributed by atoms with E-state index in [0.29, 0.717) is 18.1 Å². The van der Waals surface area contributed by atoms with E-state index in [4.69, 9.17) is 16.3 Å². The van der Waals surface area contributed by atoms with E-state index in [-0.39, 0.29) is 18.1 Å². The van der Waals surface area contributed by atoms with Crippen LogP contribution in [0.3, 0.4) is 0 Å². The second-order valence-corrected chi connectivity index (χ2v) is 10.1. The fourth-order valence-electron chi connectivity index (χ4n) is 5.39. The van der Waals surface area contributed by atoms with Gasteiger partial charge < -0.3 is 9.64 Å². The molecule has 0 aliphatic carbocycles. The number of ether oxygens (including phenoxy) is 1. The number of likely N-dealkylation sites (N-methyl/N-ethyl adjacent to an activating group) is 1. The monoisotopic (exact) mass is 524 g/mol. The molecule has 4 rings (SSSR count). The zero-order valence-electron chi connectivity index (χ0n) is 20.5. The Hall–Kier alpha value is -2.36. The minimum Gasteiger partial charge on any atom is -0.454 e. The van der Waals surface area contributed by atoms with Crippen LogP contribution in [0.1, 0.15) is 25.3 Å². The molecule has 1 aromatic heterocycles. The van der Waals surface area contributed by atoms with Crippen LogP contribution >= 0.6 is 11.6 Å². The largest absolute Gasteiger partial charge is 0.490 e. The van der Waals surface area contributed by atoms with Gasteiger partial charge in [-0.15, -0.1) is 0 Å². The Morgan fingerprint density at radius 1 is 1.14 bits per heavy atom. The number of piperazine rings is 1. The summed E-state index contributed by atoms with van der Waals surface area (Å²) in [5.41, 5.74) is 1.16. The van der Waals surface area contributed by atoms with Gasteiger partial charge in [0, 0.05) is 49.5 Å². The highest BCUT2D eigenvalue weighted by atomic mass is 35.5. The van der Waals surface area contributed by atoms with Crippen LogP contribution in [0.15, 0.2) is 48.7 Å². The molecular weight excluding hydrogens is 493 g/mol. The van der Waals surface area contributed by atoms with Crippen LogP contribution in [0, 0.1) is 0 Å². The van der Waals surface area contributed by atoms with E-state index >= 15 is 0 Å². The first kappa shape index (κ1) is 26.7. The van der Waals surface area contributed by atoms with Crippen molar-refractivity contribution in [1.82, 2.24) is 14.8 Å². The average Bonchev–Trinajstić information content (AvgIpc) is 2.85. The summed E-state index contributed by atoms with van der Waals surface area (Å²) in [5.74, 6) is -1.18. The SMILES string of the molecule is C[C@H](OC(=O)C(F)(F)F)[C@H]1CN(C2CCN(c3ccccn3)CC2)[C@@H](Cc2ccc(Cl)cc2)CN1C. The second kappa shape index (κ2) is 11.4. The summed E-state index contributed by atoms with van der Waals surface area (Å²) in [4.78, 5) is 22.7. The molecule has 0 unspecified atom stereocenters. The molecule has 3 heterocycles. The van der Waals surface area contributed by atoms with Gasteiger partial charge in [0.1, 0.15) is 11.9 Å². The van der Waals surface area contributed by atoms with Gasteiger partial charge in [-0.3, -0.25) is 9.80 Å². The molecule has 0 saturated carbocycles. The number of esters is 1. The maximum atomic E-state index is 12.8. The number of carbonyl (C=O) groups excluding carboxylic acids is 1. The maximum Gasteiger partial charge on any atom is 0.490 e. The van der Waals surface area contributed by atoms with Crippen LogP contribution in [-0.2, 0) is 16.0 Å². The van der Waals surface area contributed by atoms with E-state index in [9.17, 15) is 18.0 Å². The molecule has 10 heteroatoms. The number of benzene rings is 1. The number of pyridine rings is 1. The third-order valence-corrected chi connectivity index (χ3v) is 7.54. The van der Waals surface area contributed by atoms with Crippen molar-refractivity contribution in [2.75, 3.05) is 38.1 Å². The standard InChI is InChI=1S/C26H32ClF3N4O2/c1-18(36-25(35)26(28,29)30)23-17-34(21-10-13-33(14-11-21)24-5-3-4-12-31-24)22(16-32(23)2)15-19-6-8-20(27)9-7-19/h3-9,12,18,21-23H,10-11,13-17H2,1-2H3/t18-,22-,23+/m0/s1. The number of nitrogens with zero attached hydrogens (tertiary/aromatic N) is 4. The highest BCUT2D eigenvalue weighted by Gasteiger charge is 2.45. The van der Waals surface area contributed by atoms with Gasteiger partial charge in [0.15, 0.2) is 0 Å². The number of anilines is 1. The number of hydrogen-bond donors (Lipinski definition) is 0. The molecule has 2 aliphatic rings. The van der Waals surface area contributed by atoms with Crippen molar-refractivity contribution in [2.45, 2.75) is 56.6 Å². The van der Waals surface area contributed by atoms with Crippen LogP contribution in [0.2, 0.25) is 5.02 Å². The molecular formula is C26H32ClF3N4O2. The lowest BCUT2D eigenvalue weighted by molar-refractivity contribution is -0.207. The lowest BCUT2D eigenvalue weighted by atomic mass is 9.92. The molecule has 196 valence electrons. The highest BCUT2D eigenvalue weighted by Crippen LogP contribution is 2.29. The van der Waals surface area contributed by atoms with Crippen molar-refractivity contribution in [3.63, 3.8) is 0 Å². The summed E-state index contributed by atoms with van der Waals surface area (Å²) in [7, 11) is 1.89. The molecule has 0 radical (unpaired) electrons. The fourth-order valence-corrected chi connectivity index (χ4v) is 5.51. The first-order valence-corrected chi connectivity index (χ1v) is 12.6. The number of halogens is 4. The van der Waals surface area contributed by atoms with Gasteiger partial charge in [-0.25, -0.2) is 9.78 Å². The molecule has 2 fully saturated rings. The second-order valence-electron chi connectivity index (χ2n) is 9.70. The van der Waals surface area contributed by atoms with Crippen LogP contribution in [0.25, 0.3) is 0 Å². The predicted molar refractivity (Wildman–Crippen MR) is 133 cm³/mol. The van der Waals surface area contributed by atoms with Crippen LogP contribution in [0.4, 0.5) is 19.0 Å². The summed E-state index contributed by atoms with van der Waals surface area (Å²) in [6.07, 6.45) is -1.47. The first-order chi connectivity index (χ1) is 17.1. The van der Waals surface area contributed by atoms with Crippen LogP contribution < -0.4 is 4.90 Å². The number of aromatic nitrogens is 1. The Balaban J connectivity index is 1.49. The van der Waals surface area contributed by atoms with Crippen molar-refractivity contribution in [3.8, 4) is 0 Å². The van der Waals surface area contributed by atoms with Gasteiger partial charge in [0.25, 0.3) is 0 Å². The molecule has 3 atom stereocenters. The zero-order chi connectivity index (χ0) is 25.9. The van der Waals surface area contributed by atoms with Gasteiger partial charge in [0.2, 0.25) is 0 Å². The van der Waals surface area contributed by atoms with Crippen molar-refractivity contribution in [1.29, 1.82) is 0 Å². The summed E-state index contributed by atoms with van der Waals surface area (Å²) in [6.45, 7) is 4.43. The Kier molecular flexibility index (Phi) is 8.42. The molecule has 1 aromatic carbocycles. The Morgan fingerprint density at radius 3 is 2.44 bits per heavy atom. The van der Waals surface area contributed by atoms with Gasteiger partial charge in [-0.05, 0) is 63.1 Å². The van der Waals surface area contributed by atoms with Crippen molar-refractivity contribution >= 4 is 23.4 Å². The normalized spacial score (nSPS) is 23.4. The Bertz CT molecular complexity index is 1000. The Morgan fingerprint density at radius 2 is 1.83 bits per heavy atom. The smallest absolute Gasteiger partial charge is 0.454 e. The minimum atomic E-state index is -5.00. The summed E-state index contributed by atoms with van der Waals surface area (Å²) in [5, 5.41) is 0.679. The van der Waals surface area contributed by atoms with Crippen LogP contribution in [-0.4, -0.2) is 84.4 Å². The molecule has 2 saturated heterocycles. The molecule has 0 bridgehead atoms. The third kappa shape index (κ3) is 6.49. The van der Waals surface area contributed by atoms with E-state index in [2.05, 4.69) is 14.8 Å². The van der Waals surface area contributed by atoms with E-state index < -0.39 is 18.2 Å². The highest BCUT2D eigenvalue weighted by molar-refractivity contribution is 6.30. The van der Waals surface area contributed by atoms with Crippen molar-refractivity contribution < 1.29 is 22.7 Å². The van der Waals surface area contributed by atoms with E-state index in [0.717, 1.165) is 43.7 Å². The van der Waals surface area contributed by atoms with E-state index in [1.54, 1.807) is 13.1 Å². The maximum absolute atomic E-state index is 12.8. The number of hydrogen-bond acceptors (Lipinski definition) is 6. The van der Waals surface area contributed by atoms with Gasteiger partial charge in [0.05, 0.1) is 6.04 Å². The van der Waals surface area contributed by atoms with Crippen molar-refractivity contribution in [3.05, 3.63) is 59.2 Å². The molecule has 2 aromatic rings. The number of alkyl halides is 3. The lowest BCUT2D eigenvalue weighted by Crippen LogP contribution is -2.64. The topological polar surface area (TPSA) is 48.9 Å². The van der Waals surface area contributed by atoms with Gasteiger partial charge in [-0.2, -0.15) is 13.2 Å². The predicted octanol–water partition coefficient (Wildman–Crippen LogP) is 4.43. The quantitative estimate of drug-likeness (QED) is 0.521. The van der Waals surface area contributed by atoms with Crippen molar-refractivity contribution in [2.24, 2.45) is 0 Å². The summed E-state index contributed by atoms with van der Waals surface area (Å²) in [6, 6.07) is 13.8. The molecule has 2 aliphatic heterocycles. The van der Waals surface area contributed by atoms with Crippen LogP contribution in [0.5, 0.6) is 0 Å². The van der Waals surface area contributed by atoms with Gasteiger partial charge >= 0.3 is 12.1 Å². The summed E-state index contributed by atoms with van der Waals surface area (Å²) < 4.78 is 43.3. The average molecular weight is 525 g/mol. The molecule has 0 spiro atoms. The molecule has 0 N–H and O–H groups in total. The molecule has 0 amide bonds. The number of carbonyl (C=O) groups is 1. The summed E-state index contributed by atoms with van der Waals surface area (Å²) >= 11 is 6.07. The number of rotatable bonds is 6. The minimum absolute atomic E-state index is 0.171. The first-order valence-electron chi connectivity index (χ1n) is 12.3. The van der Waals surface area contributed by atoms with E-state index in [1.165, 1.54) is 0 Å². The lowest BCUT2D eigenvalue weighted by Gasteiger charge is -2.51.